The number of alkyl halides is 3. The van der Waals surface area contributed by atoms with E-state index in [9.17, 15) is 22.8 Å². The van der Waals surface area contributed by atoms with Crippen LogP contribution in [0.15, 0.2) is 54.0 Å². The summed E-state index contributed by atoms with van der Waals surface area (Å²) in [6, 6.07) is 8.73. The first kappa shape index (κ1) is 24.9. The Morgan fingerprint density at radius 1 is 1.22 bits per heavy atom. The van der Waals surface area contributed by atoms with Crippen molar-refractivity contribution in [3.05, 3.63) is 99.0 Å². The molecular weight excluding hydrogens is 481 g/mol. The summed E-state index contributed by atoms with van der Waals surface area (Å²) in [6.45, 7) is 6.35. The molecule has 1 aromatic carbocycles. The number of nitrogens with zero attached hydrogens (tertiary/aromatic N) is 3. The van der Waals surface area contributed by atoms with Crippen LogP contribution >= 0.6 is 0 Å². The number of hydrogen-bond donors (Lipinski definition) is 1. The highest BCUT2D eigenvalue weighted by atomic mass is 19.4. The van der Waals surface area contributed by atoms with Gasteiger partial charge in [0.05, 0.1) is 40.9 Å². The fraction of sp³-hybridized carbons (Fsp3) is 0.357. The van der Waals surface area contributed by atoms with Crippen molar-refractivity contribution in [1.82, 2.24) is 19.9 Å². The summed E-state index contributed by atoms with van der Waals surface area (Å²) in [7, 11) is 0. The molecule has 1 N–H and O–H groups in total. The number of hydrogen-bond acceptors (Lipinski definition) is 4. The van der Waals surface area contributed by atoms with Crippen molar-refractivity contribution in [2.45, 2.75) is 57.2 Å². The van der Waals surface area contributed by atoms with Crippen LogP contribution < -0.4 is 5.56 Å². The van der Waals surface area contributed by atoms with Crippen molar-refractivity contribution in [2.24, 2.45) is 0 Å². The van der Waals surface area contributed by atoms with Crippen molar-refractivity contribution >= 4 is 11.5 Å². The number of nitrogens with one attached hydrogen (secondary N) is 1. The number of amides is 1. The molecule has 1 aliphatic carbocycles. The lowest BCUT2D eigenvalue weighted by Gasteiger charge is -2.21. The number of carbonyl (C=O) groups excluding carboxylic acids is 1. The molecule has 0 spiro atoms. The Morgan fingerprint density at radius 2 is 2.00 bits per heavy atom. The molecule has 0 bridgehead atoms. The van der Waals surface area contributed by atoms with E-state index >= 15 is 0 Å². The molecule has 3 heterocycles. The lowest BCUT2D eigenvalue weighted by molar-refractivity contribution is -0.138. The van der Waals surface area contributed by atoms with E-state index in [1.165, 1.54) is 17.0 Å². The third-order valence-electron chi connectivity index (χ3n) is 7.21. The standard InChI is InChI=1S/C28H27F3N4O2/c1-17(2)23-15-19(8-11-32-23)27(9-10-27)26-33-22-7-4-12-35(16-21(22)25(37)34-26)24(36)14-18-5-3-6-20(13-18)28(29,30)31/h3,5-6,8,11,13,15H,1,4,7,9-10,12,14,16H2,2H3,(H,33,34,37). The van der Waals surface area contributed by atoms with E-state index in [-0.39, 0.29) is 35.4 Å². The minimum atomic E-state index is -4.47. The molecule has 2 aliphatic rings. The Labute approximate surface area is 212 Å². The van der Waals surface area contributed by atoms with Gasteiger partial charge in [0.2, 0.25) is 5.91 Å². The van der Waals surface area contributed by atoms with Gasteiger partial charge in [0.1, 0.15) is 5.82 Å². The molecule has 5 rings (SSSR count). The van der Waals surface area contributed by atoms with E-state index in [1.54, 1.807) is 6.20 Å². The van der Waals surface area contributed by atoms with Crippen LogP contribution in [-0.2, 0) is 35.8 Å². The Balaban J connectivity index is 1.39. The lowest BCUT2D eigenvalue weighted by atomic mass is 9.94. The topological polar surface area (TPSA) is 79.0 Å². The van der Waals surface area contributed by atoms with Crippen molar-refractivity contribution in [3.63, 3.8) is 0 Å². The zero-order valence-electron chi connectivity index (χ0n) is 20.5. The number of H-pyrrole nitrogens is 1. The third kappa shape index (κ3) is 4.95. The van der Waals surface area contributed by atoms with Crippen molar-refractivity contribution in [2.75, 3.05) is 6.54 Å². The van der Waals surface area contributed by atoms with E-state index in [0.717, 1.165) is 41.8 Å². The number of aromatic nitrogens is 3. The first-order valence-electron chi connectivity index (χ1n) is 12.3. The average molecular weight is 509 g/mol. The van der Waals surface area contributed by atoms with Crippen LogP contribution in [0.1, 0.15) is 65.7 Å². The van der Waals surface area contributed by atoms with Crippen molar-refractivity contribution in [3.8, 4) is 0 Å². The summed E-state index contributed by atoms with van der Waals surface area (Å²) in [5.74, 6) is 0.303. The monoisotopic (exact) mass is 508 g/mol. The minimum absolute atomic E-state index is 0.0812. The minimum Gasteiger partial charge on any atom is -0.338 e. The Kier molecular flexibility index (Phi) is 6.25. The first-order valence-corrected chi connectivity index (χ1v) is 12.3. The lowest BCUT2D eigenvalue weighted by Crippen LogP contribution is -2.34. The van der Waals surface area contributed by atoms with Gasteiger partial charge in [-0.25, -0.2) is 4.98 Å². The molecule has 0 radical (unpaired) electrons. The van der Waals surface area contributed by atoms with Gasteiger partial charge in [-0.2, -0.15) is 13.2 Å². The van der Waals surface area contributed by atoms with Gasteiger partial charge < -0.3 is 9.88 Å². The van der Waals surface area contributed by atoms with Crippen molar-refractivity contribution in [1.29, 1.82) is 0 Å². The van der Waals surface area contributed by atoms with Gasteiger partial charge in [-0.3, -0.25) is 14.6 Å². The second kappa shape index (κ2) is 9.28. The highest BCUT2D eigenvalue weighted by molar-refractivity contribution is 5.79. The summed E-state index contributed by atoms with van der Waals surface area (Å²) in [6.07, 6.45) is -0.0272. The van der Waals surface area contributed by atoms with Gasteiger partial charge in [-0.05, 0) is 67.5 Å². The number of rotatable bonds is 5. The number of carbonyl (C=O) groups is 1. The fourth-order valence-corrected chi connectivity index (χ4v) is 4.95. The molecule has 0 atom stereocenters. The van der Waals surface area contributed by atoms with Crippen LogP contribution in [0.4, 0.5) is 13.2 Å². The second-order valence-electron chi connectivity index (χ2n) is 9.93. The van der Waals surface area contributed by atoms with Crippen LogP contribution in [0.5, 0.6) is 0 Å². The molecule has 192 valence electrons. The van der Waals surface area contributed by atoms with Gasteiger partial charge in [0, 0.05) is 12.7 Å². The molecule has 3 aromatic rings. The number of fused-ring (bicyclic) bond motifs is 1. The maximum Gasteiger partial charge on any atom is 0.416 e. The molecule has 37 heavy (non-hydrogen) atoms. The van der Waals surface area contributed by atoms with Gasteiger partial charge in [-0.1, -0.05) is 24.8 Å². The van der Waals surface area contributed by atoms with Crippen molar-refractivity contribution < 1.29 is 18.0 Å². The SMILES string of the molecule is C=C(C)c1cc(C2(c3nc4c(c(=O)[nH]3)CN(C(=O)Cc3cccc(C(F)(F)F)c3)CCC4)CC2)ccn1. The van der Waals surface area contributed by atoms with Crippen LogP contribution in [0.2, 0.25) is 0 Å². The Bertz CT molecular complexity index is 1440. The van der Waals surface area contributed by atoms with Gasteiger partial charge in [-0.15, -0.1) is 0 Å². The Morgan fingerprint density at radius 3 is 2.70 bits per heavy atom. The van der Waals surface area contributed by atoms with Crippen LogP contribution in [0.3, 0.4) is 0 Å². The number of benzene rings is 1. The maximum atomic E-state index is 13.2. The number of allylic oxidation sites excluding steroid dienone is 1. The predicted octanol–water partition coefficient (Wildman–Crippen LogP) is 4.81. The van der Waals surface area contributed by atoms with Crippen LogP contribution in [-0.4, -0.2) is 32.3 Å². The summed E-state index contributed by atoms with van der Waals surface area (Å²) in [5.41, 5.74) is 2.66. The molecule has 1 aliphatic heterocycles. The molecule has 9 heteroatoms. The number of aryl methyl sites for hydroxylation is 1. The van der Waals surface area contributed by atoms with E-state index in [0.29, 0.717) is 36.5 Å². The molecule has 1 amide bonds. The first-order chi connectivity index (χ1) is 17.6. The predicted molar refractivity (Wildman–Crippen MR) is 133 cm³/mol. The summed E-state index contributed by atoms with van der Waals surface area (Å²) < 4.78 is 39.2. The van der Waals surface area contributed by atoms with E-state index in [4.69, 9.17) is 4.98 Å². The molecular formula is C28H27F3N4O2. The molecule has 1 fully saturated rings. The summed E-state index contributed by atoms with van der Waals surface area (Å²) >= 11 is 0. The van der Waals surface area contributed by atoms with E-state index < -0.39 is 11.7 Å². The van der Waals surface area contributed by atoms with Gasteiger partial charge >= 0.3 is 6.18 Å². The molecule has 2 aromatic heterocycles. The highest BCUT2D eigenvalue weighted by Crippen LogP contribution is 2.52. The molecule has 6 nitrogen and oxygen atoms in total. The quantitative estimate of drug-likeness (QED) is 0.536. The normalized spacial score (nSPS) is 16.6. The number of halogens is 3. The van der Waals surface area contributed by atoms with E-state index in [1.807, 2.05) is 19.1 Å². The van der Waals surface area contributed by atoms with E-state index in [2.05, 4.69) is 16.5 Å². The fourth-order valence-electron chi connectivity index (χ4n) is 4.95. The number of pyridine rings is 1. The third-order valence-corrected chi connectivity index (χ3v) is 7.21. The average Bonchev–Trinajstić information content (AvgIpc) is 3.68. The number of aromatic amines is 1. The molecule has 0 unspecified atom stereocenters. The Hall–Kier alpha value is -3.75. The molecule has 1 saturated carbocycles. The maximum absolute atomic E-state index is 13.2. The summed E-state index contributed by atoms with van der Waals surface area (Å²) in [5, 5.41) is 0. The van der Waals surface area contributed by atoms with Crippen LogP contribution in [0.25, 0.3) is 5.57 Å². The summed E-state index contributed by atoms with van der Waals surface area (Å²) in [4.78, 5) is 40.0. The largest absolute Gasteiger partial charge is 0.416 e. The highest BCUT2D eigenvalue weighted by Gasteiger charge is 2.49. The molecule has 0 saturated heterocycles. The smallest absolute Gasteiger partial charge is 0.338 e. The van der Waals surface area contributed by atoms with Gasteiger partial charge in [0.25, 0.3) is 5.56 Å². The zero-order chi connectivity index (χ0) is 26.4. The van der Waals surface area contributed by atoms with Gasteiger partial charge in [0.15, 0.2) is 0 Å². The zero-order valence-corrected chi connectivity index (χ0v) is 20.5. The second-order valence-corrected chi connectivity index (χ2v) is 9.93. The van der Waals surface area contributed by atoms with Crippen LogP contribution in [0, 0.1) is 0 Å².